The average molecular weight is 485 g/mol. The van der Waals surface area contributed by atoms with E-state index in [4.69, 9.17) is 14.2 Å². The second-order valence-electron chi connectivity index (χ2n) is 8.33. The number of aliphatic carboxylic acids is 1. The van der Waals surface area contributed by atoms with Gasteiger partial charge in [0, 0.05) is 18.9 Å². The third-order valence-corrected chi connectivity index (χ3v) is 5.66. The molecule has 0 aromatic heterocycles. The summed E-state index contributed by atoms with van der Waals surface area (Å²) in [6.45, 7) is 2.19. The van der Waals surface area contributed by atoms with E-state index in [0.29, 0.717) is 43.6 Å². The number of ketones is 1. The third kappa shape index (κ3) is 10.2. The molecule has 0 aliphatic carbocycles. The molecule has 0 fully saturated rings. The van der Waals surface area contributed by atoms with Gasteiger partial charge in [-0.3, -0.25) is 9.59 Å². The van der Waals surface area contributed by atoms with Crippen LogP contribution in [-0.4, -0.2) is 42.6 Å². The van der Waals surface area contributed by atoms with Crippen molar-refractivity contribution in [2.45, 2.75) is 70.8 Å². The molecule has 0 aliphatic heterocycles. The molecule has 190 valence electrons. The molecule has 0 saturated heterocycles. The minimum Gasteiger partial charge on any atom is -0.497 e. The highest BCUT2D eigenvalue weighted by molar-refractivity contribution is 5.99. The molecule has 7 heteroatoms. The fourth-order valence-electron chi connectivity index (χ4n) is 3.74. The Labute approximate surface area is 207 Å². The number of hydrogen-bond acceptors (Lipinski definition) is 6. The van der Waals surface area contributed by atoms with Crippen molar-refractivity contribution in [3.05, 3.63) is 59.7 Å². The van der Waals surface area contributed by atoms with Gasteiger partial charge in [-0.2, -0.15) is 0 Å². The molecule has 1 N–H and O–H groups in total. The summed E-state index contributed by atoms with van der Waals surface area (Å²) in [6.07, 6.45) is 4.69. The van der Waals surface area contributed by atoms with Gasteiger partial charge in [-0.1, -0.05) is 49.6 Å². The van der Waals surface area contributed by atoms with E-state index in [-0.39, 0.29) is 23.9 Å². The lowest BCUT2D eigenvalue weighted by molar-refractivity contribution is -0.145. The second kappa shape index (κ2) is 15.5. The van der Waals surface area contributed by atoms with Crippen molar-refractivity contribution in [1.29, 1.82) is 0 Å². The number of benzene rings is 2. The van der Waals surface area contributed by atoms with Gasteiger partial charge in [0.2, 0.25) is 0 Å². The summed E-state index contributed by atoms with van der Waals surface area (Å²) in [4.78, 5) is 36.1. The number of unbranched alkanes of at least 4 members (excludes halogenated alkanes) is 4. The van der Waals surface area contributed by atoms with Crippen LogP contribution in [0.5, 0.6) is 11.5 Å². The van der Waals surface area contributed by atoms with Gasteiger partial charge < -0.3 is 19.3 Å². The molecule has 0 saturated carbocycles. The van der Waals surface area contributed by atoms with Crippen molar-refractivity contribution < 1.29 is 33.7 Å². The van der Waals surface area contributed by atoms with Crippen LogP contribution in [0.2, 0.25) is 0 Å². The van der Waals surface area contributed by atoms with Gasteiger partial charge >= 0.3 is 11.9 Å². The average Bonchev–Trinajstić information content (AvgIpc) is 2.86. The lowest BCUT2D eigenvalue weighted by Crippen LogP contribution is -2.28. The monoisotopic (exact) mass is 484 g/mol. The fourth-order valence-corrected chi connectivity index (χ4v) is 3.74. The zero-order chi connectivity index (χ0) is 25.5. The lowest BCUT2D eigenvalue weighted by atomic mass is 10.0. The van der Waals surface area contributed by atoms with Gasteiger partial charge in [0.25, 0.3) is 0 Å². The van der Waals surface area contributed by atoms with E-state index in [2.05, 4.69) is 0 Å². The SMILES string of the molecule is CCOC(=O)CCCCCCCC(=O)c1ccc(OC)cc1OC(CCc1ccccc1)C(=O)O. The van der Waals surface area contributed by atoms with Crippen LogP contribution in [-0.2, 0) is 20.7 Å². The molecule has 0 heterocycles. The summed E-state index contributed by atoms with van der Waals surface area (Å²) < 4.78 is 16.0. The molecule has 2 rings (SSSR count). The number of methoxy groups -OCH3 is 1. The summed E-state index contributed by atoms with van der Waals surface area (Å²) in [6, 6.07) is 14.5. The van der Waals surface area contributed by atoms with Gasteiger partial charge in [0.05, 0.1) is 19.3 Å². The van der Waals surface area contributed by atoms with Crippen LogP contribution >= 0.6 is 0 Å². The number of aryl methyl sites for hydroxylation is 1. The van der Waals surface area contributed by atoms with Gasteiger partial charge in [-0.25, -0.2) is 4.79 Å². The van der Waals surface area contributed by atoms with Crippen molar-refractivity contribution in [2.75, 3.05) is 13.7 Å². The number of rotatable bonds is 17. The molecule has 2 aromatic rings. The molecule has 2 aromatic carbocycles. The topological polar surface area (TPSA) is 99.1 Å². The predicted molar refractivity (Wildman–Crippen MR) is 133 cm³/mol. The molecule has 0 spiro atoms. The summed E-state index contributed by atoms with van der Waals surface area (Å²) in [5.74, 6) is -0.626. The Morgan fingerprint density at radius 1 is 0.914 bits per heavy atom. The minimum absolute atomic E-state index is 0.0959. The Morgan fingerprint density at radius 3 is 2.26 bits per heavy atom. The number of Topliss-reactive ketones (excluding diaryl/α,β-unsaturated/α-hetero) is 1. The zero-order valence-corrected chi connectivity index (χ0v) is 20.7. The molecule has 35 heavy (non-hydrogen) atoms. The molecule has 7 nitrogen and oxygen atoms in total. The molecule has 1 unspecified atom stereocenters. The van der Waals surface area contributed by atoms with E-state index in [1.165, 1.54) is 7.11 Å². The first-order valence-corrected chi connectivity index (χ1v) is 12.2. The first kappa shape index (κ1) is 27.9. The third-order valence-electron chi connectivity index (χ3n) is 5.66. The fraction of sp³-hybridized carbons (Fsp3) is 0.464. The number of carboxylic acids is 1. The summed E-state index contributed by atoms with van der Waals surface area (Å²) in [5, 5.41) is 9.71. The summed E-state index contributed by atoms with van der Waals surface area (Å²) >= 11 is 0. The number of carboxylic acid groups (broad SMARTS) is 1. The van der Waals surface area contributed by atoms with Crippen LogP contribution in [0.1, 0.15) is 74.2 Å². The van der Waals surface area contributed by atoms with Crippen molar-refractivity contribution in [2.24, 2.45) is 0 Å². The molecular weight excluding hydrogens is 448 g/mol. The Balaban J connectivity index is 1.92. The summed E-state index contributed by atoms with van der Waals surface area (Å²) in [5.41, 5.74) is 1.38. The Hall–Kier alpha value is -3.35. The van der Waals surface area contributed by atoms with Gasteiger partial charge in [-0.05, 0) is 50.3 Å². The van der Waals surface area contributed by atoms with E-state index in [9.17, 15) is 19.5 Å². The standard InChI is InChI=1S/C28H36O7/c1-3-34-27(30)15-11-6-4-5-10-14-24(29)23-18-17-22(33-2)20-26(23)35-25(28(31)32)19-16-21-12-8-7-9-13-21/h7-9,12-13,17-18,20,25H,3-6,10-11,14-16,19H2,1-2H3,(H,31,32). The highest BCUT2D eigenvalue weighted by Crippen LogP contribution is 2.28. The zero-order valence-electron chi connectivity index (χ0n) is 20.7. The van der Waals surface area contributed by atoms with Crippen LogP contribution in [0, 0.1) is 0 Å². The Morgan fingerprint density at radius 2 is 1.60 bits per heavy atom. The van der Waals surface area contributed by atoms with E-state index in [1.807, 2.05) is 30.3 Å². The largest absolute Gasteiger partial charge is 0.497 e. The van der Waals surface area contributed by atoms with Crippen LogP contribution in [0.15, 0.2) is 48.5 Å². The van der Waals surface area contributed by atoms with Crippen LogP contribution in [0.3, 0.4) is 0 Å². The number of carbonyl (C=O) groups excluding carboxylic acids is 2. The number of carbonyl (C=O) groups is 3. The maximum Gasteiger partial charge on any atom is 0.344 e. The van der Waals surface area contributed by atoms with Gasteiger partial charge in [0.15, 0.2) is 11.9 Å². The van der Waals surface area contributed by atoms with Crippen molar-refractivity contribution in [3.8, 4) is 11.5 Å². The number of hydrogen-bond donors (Lipinski definition) is 1. The molecular formula is C28H36O7. The maximum atomic E-state index is 12.9. The first-order chi connectivity index (χ1) is 16.9. The normalized spacial score (nSPS) is 11.5. The van der Waals surface area contributed by atoms with Crippen LogP contribution in [0.25, 0.3) is 0 Å². The highest BCUT2D eigenvalue weighted by Gasteiger charge is 2.23. The van der Waals surface area contributed by atoms with Crippen molar-refractivity contribution in [1.82, 2.24) is 0 Å². The lowest BCUT2D eigenvalue weighted by Gasteiger charge is -2.18. The second-order valence-corrected chi connectivity index (χ2v) is 8.33. The number of esters is 1. The van der Waals surface area contributed by atoms with E-state index in [0.717, 1.165) is 31.2 Å². The van der Waals surface area contributed by atoms with E-state index >= 15 is 0 Å². The highest BCUT2D eigenvalue weighted by atomic mass is 16.5. The summed E-state index contributed by atoms with van der Waals surface area (Å²) in [7, 11) is 1.51. The minimum atomic E-state index is -1.09. The Bertz CT molecular complexity index is 940. The number of ether oxygens (including phenoxy) is 3. The molecule has 1 atom stereocenters. The van der Waals surface area contributed by atoms with Crippen LogP contribution < -0.4 is 9.47 Å². The van der Waals surface area contributed by atoms with E-state index in [1.54, 1.807) is 25.1 Å². The van der Waals surface area contributed by atoms with Crippen molar-refractivity contribution in [3.63, 3.8) is 0 Å². The van der Waals surface area contributed by atoms with Gasteiger partial charge in [-0.15, -0.1) is 0 Å². The molecule has 0 aliphatic rings. The molecule has 0 radical (unpaired) electrons. The first-order valence-electron chi connectivity index (χ1n) is 12.2. The predicted octanol–water partition coefficient (Wildman–Crippen LogP) is 5.64. The van der Waals surface area contributed by atoms with E-state index < -0.39 is 12.1 Å². The van der Waals surface area contributed by atoms with Crippen molar-refractivity contribution >= 4 is 17.7 Å². The molecule has 0 bridgehead atoms. The molecule has 0 amide bonds. The smallest absolute Gasteiger partial charge is 0.344 e. The Kier molecular flexibility index (Phi) is 12.4. The quantitative estimate of drug-likeness (QED) is 0.176. The van der Waals surface area contributed by atoms with Gasteiger partial charge in [0.1, 0.15) is 11.5 Å². The van der Waals surface area contributed by atoms with Crippen LogP contribution in [0.4, 0.5) is 0 Å². The maximum absolute atomic E-state index is 12.9.